The van der Waals surface area contributed by atoms with Crippen molar-refractivity contribution < 1.29 is 17.9 Å². The molecule has 0 aromatic heterocycles. The Labute approximate surface area is 149 Å². The summed E-state index contributed by atoms with van der Waals surface area (Å²) in [7, 11) is -3.61. The molecule has 3 rings (SSSR count). The standard InChI is InChI=1S/C18H26N2O4S/c1-14-13-20(10-11-24-14)25(22,23)17-9-5-6-15(12-17)18(21)19-16-7-3-2-4-8-16/h5-6,9,12,14,16H,2-4,7-8,10-11,13H2,1H3,(H,19,21). The van der Waals surface area contributed by atoms with Crippen molar-refractivity contribution in [2.24, 2.45) is 0 Å². The number of benzene rings is 1. The number of rotatable bonds is 4. The van der Waals surface area contributed by atoms with E-state index in [1.165, 1.54) is 16.8 Å². The van der Waals surface area contributed by atoms with E-state index in [1.807, 2.05) is 6.92 Å². The highest BCUT2D eigenvalue weighted by Crippen LogP contribution is 2.21. The third kappa shape index (κ3) is 4.40. The van der Waals surface area contributed by atoms with Crippen molar-refractivity contribution in [1.82, 2.24) is 9.62 Å². The summed E-state index contributed by atoms with van der Waals surface area (Å²) in [5.74, 6) is -0.195. The molecule has 1 aromatic carbocycles. The molecule has 0 bridgehead atoms. The first kappa shape index (κ1) is 18.4. The van der Waals surface area contributed by atoms with Crippen LogP contribution in [-0.2, 0) is 14.8 Å². The summed E-state index contributed by atoms with van der Waals surface area (Å²) in [5, 5.41) is 3.03. The normalized spacial score (nSPS) is 23.3. The number of carbonyl (C=O) groups excluding carboxylic acids is 1. The van der Waals surface area contributed by atoms with Crippen molar-refractivity contribution >= 4 is 15.9 Å². The molecule has 0 radical (unpaired) electrons. The lowest BCUT2D eigenvalue weighted by molar-refractivity contribution is 0.0102. The minimum atomic E-state index is -3.61. The average Bonchev–Trinajstić information content (AvgIpc) is 2.62. The van der Waals surface area contributed by atoms with E-state index in [-0.39, 0.29) is 22.9 Å². The van der Waals surface area contributed by atoms with Crippen molar-refractivity contribution in [3.8, 4) is 0 Å². The first-order valence-corrected chi connectivity index (χ1v) is 10.4. The van der Waals surface area contributed by atoms with Crippen LogP contribution in [0.2, 0.25) is 0 Å². The molecule has 1 atom stereocenters. The highest BCUT2D eigenvalue weighted by Gasteiger charge is 2.29. The Kier molecular flexibility index (Phi) is 5.76. The molecule has 25 heavy (non-hydrogen) atoms. The van der Waals surface area contributed by atoms with Gasteiger partial charge in [-0.3, -0.25) is 4.79 Å². The van der Waals surface area contributed by atoms with Crippen molar-refractivity contribution in [2.45, 2.75) is 56.1 Å². The van der Waals surface area contributed by atoms with Gasteiger partial charge in [0.2, 0.25) is 10.0 Å². The van der Waals surface area contributed by atoms with Crippen LogP contribution in [0.1, 0.15) is 49.4 Å². The lowest BCUT2D eigenvalue weighted by atomic mass is 9.95. The van der Waals surface area contributed by atoms with Crippen molar-refractivity contribution in [2.75, 3.05) is 19.7 Å². The lowest BCUT2D eigenvalue weighted by Gasteiger charge is -2.30. The maximum absolute atomic E-state index is 12.8. The van der Waals surface area contributed by atoms with E-state index in [4.69, 9.17) is 4.74 Å². The Balaban J connectivity index is 1.75. The smallest absolute Gasteiger partial charge is 0.251 e. The molecule has 1 amide bonds. The van der Waals surface area contributed by atoms with E-state index in [1.54, 1.807) is 18.2 Å². The summed E-state index contributed by atoms with van der Waals surface area (Å²) in [6.45, 7) is 2.92. The fourth-order valence-electron chi connectivity index (χ4n) is 3.47. The molecule has 0 spiro atoms. The Morgan fingerprint density at radius 2 is 2.00 bits per heavy atom. The summed E-state index contributed by atoms with van der Waals surface area (Å²) in [5.41, 5.74) is 0.396. The molecule has 7 heteroatoms. The van der Waals surface area contributed by atoms with Crippen LogP contribution in [0.4, 0.5) is 0 Å². The molecule has 1 N–H and O–H groups in total. The minimum Gasteiger partial charge on any atom is -0.376 e. The molecule has 1 saturated carbocycles. The van der Waals surface area contributed by atoms with Gasteiger partial charge in [-0.05, 0) is 38.0 Å². The second-order valence-electron chi connectivity index (χ2n) is 6.88. The van der Waals surface area contributed by atoms with Crippen LogP contribution in [0.25, 0.3) is 0 Å². The third-order valence-electron chi connectivity index (χ3n) is 4.88. The number of amides is 1. The zero-order valence-corrected chi connectivity index (χ0v) is 15.4. The zero-order chi connectivity index (χ0) is 17.9. The van der Waals surface area contributed by atoms with Crippen LogP contribution in [0.5, 0.6) is 0 Å². The van der Waals surface area contributed by atoms with Gasteiger partial charge in [-0.2, -0.15) is 4.31 Å². The number of hydrogen-bond donors (Lipinski definition) is 1. The Hall–Kier alpha value is -1.44. The molecule has 1 aliphatic heterocycles. The largest absolute Gasteiger partial charge is 0.376 e. The molecular weight excluding hydrogens is 340 g/mol. The Bertz CT molecular complexity index is 714. The summed E-state index contributed by atoms with van der Waals surface area (Å²) in [6, 6.07) is 6.52. The molecule has 1 aromatic rings. The number of hydrogen-bond acceptors (Lipinski definition) is 4. The van der Waals surface area contributed by atoms with Gasteiger partial charge in [0.05, 0.1) is 17.6 Å². The van der Waals surface area contributed by atoms with Crippen LogP contribution in [-0.4, -0.2) is 50.5 Å². The molecular formula is C18H26N2O4S. The molecule has 138 valence electrons. The Morgan fingerprint density at radius 3 is 2.72 bits per heavy atom. The van der Waals surface area contributed by atoms with E-state index < -0.39 is 10.0 Å². The molecule has 1 saturated heterocycles. The van der Waals surface area contributed by atoms with Crippen LogP contribution >= 0.6 is 0 Å². The second kappa shape index (κ2) is 7.85. The topological polar surface area (TPSA) is 75.7 Å². The van der Waals surface area contributed by atoms with Crippen molar-refractivity contribution in [3.63, 3.8) is 0 Å². The van der Waals surface area contributed by atoms with Gasteiger partial charge in [-0.25, -0.2) is 8.42 Å². The summed E-state index contributed by atoms with van der Waals surface area (Å²) < 4.78 is 32.5. The number of carbonyl (C=O) groups is 1. The van der Waals surface area contributed by atoms with Gasteiger partial charge in [-0.1, -0.05) is 25.3 Å². The summed E-state index contributed by atoms with van der Waals surface area (Å²) in [4.78, 5) is 12.6. The highest BCUT2D eigenvalue weighted by molar-refractivity contribution is 7.89. The number of ether oxygens (including phenoxy) is 1. The van der Waals surface area contributed by atoms with Gasteiger partial charge in [0.15, 0.2) is 0 Å². The van der Waals surface area contributed by atoms with Crippen LogP contribution in [0.15, 0.2) is 29.2 Å². The third-order valence-corrected chi connectivity index (χ3v) is 6.74. The fraction of sp³-hybridized carbons (Fsp3) is 0.611. The molecule has 2 aliphatic rings. The van der Waals surface area contributed by atoms with Gasteiger partial charge >= 0.3 is 0 Å². The number of morpholine rings is 1. The molecule has 2 fully saturated rings. The van der Waals surface area contributed by atoms with Gasteiger partial charge in [0, 0.05) is 24.7 Å². The zero-order valence-electron chi connectivity index (χ0n) is 14.6. The quantitative estimate of drug-likeness (QED) is 0.886. The Morgan fingerprint density at radius 1 is 1.24 bits per heavy atom. The molecule has 6 nitrogen and oxygen atoms in total. The maximum atomic E-state index is 12.8. The van der Waals surface area contributed by atoms with Gasteiger partial charge < -0.3 is 10.1 Å². The van der Waals surface area contributed by atoms with Crippen LogP contribution in [0, 0.1) is 0 Å². The molecule has 1 aliphatic carbocycles. The van der Waals surface area contributed by atoms with E-state index >= 15 is 0 Å². The second-order valence-corrected chi connectivity index (χ2v) is 8.82. The minimum absolute atomic E-state index is 0.124. The van der Waals surface area contributed by atoms with E-state index in [2.05, 4.69) is 5.32 Å². The molecule has 1 unspecified atom stereocenters. The fourth-order valence-corrected chi connectivity index (χ4v) is 5.01. The predicted molar refractivity (Wildman–Crippen MR) is 95.0 cm³/mol. The maximum Gasteiger partial charge on any atom is 0.251 e. The lowest BCUT2D eigenvalue weighted by Crippen LogP contribution is -2.44. The molecule has 1 heterocycles. The van der Waals surface area contributed by atoms with Gasteiger partial charge in [-0.15, -0.1) is 0 Å². The first-order valence-electron chi connectivity index (χ1n) is 8.99. The van der Waals surface area contributed by atoms with Crippen LogP contribution in [0.3, 0.4) is 0 Å². The first-order chi connectivity index (χ1) is 12.0. The number of nitrogens with zero attached hydrogens (tertiary/aromatic N) is 1. The van der Waals surface area contributed by atoms with E-state index in [0.29, 0.717) is 25.3 Å². The van der Waals surface area contributed by atoms with E-state index in [0.717, 1.165) is 25.7 Å². The monoisotopic (exact) mass is 366 g/mol. The van der Waals surface area contributed by atoms with Crippen molar-refractivity contribution in [1.29, 1.82) is 0 Å². The van der Waals surface area contributed by atoms with Crippen molar-refractivity contribution in [3.05, 3.63) is 29.8 Å². The number of nitrogens with one attached hydrogen (secondary N) is 1. The van der Waals surface area contributed by atoms with Crippen LogP contribution < -0.4 is 5.32 Å². The predicted octanol–water partition coefficient (Wildman–Crippen LogP) is 2.16. The van der Waals surface area contributed by atoms with Gasteiger partial charge in [0.25, 0.3) is 5.91 Å². The highest BCUT2D eigenvalue weighted by atomic mass is 32.2. The van der Waals surface area contributed by atoms with Gasteiger partial charge in [0.1, 0.15) is 0 Å². The van der Waals surface area contributed by atoms with E-state index in [9.17, 15) is 13.2 Å². The SMILES string of the molecule is CC1CN(S(=O)(=O)c2cccc(C(=O)NC3CCCCC3)c2)CCO1. The summed E-state index contributed by atoms with van der Waals surface area (Å²) in [6.07, 6.45) is 5.35. The number of sulfonamides is 1. The summed E-state index contributed by atoms with van der Waals surface area (Å²) >= 11 is 0. The average molecular weight is 366 g/mol.